The lowest BCUT2D eigenvalue weighted by Crippen LogP contribution is -1.91. The normalized spacial score (nSPS) is 11.6. The molecule has 0 heteroatoms. The molecule has 0 radical (unpaired) electrons. The van der Waals surface area contributed by atoms with Gasteiger partial charge in [0.05, 0.1) is 0 Å². The van der Waals surface area contributed by atoms with Gasteiger partial charge in [0.15, 0.2) is 0 Å². The van der Waals surface area contributed by atoms with Crippen LogP contribution in [-0.4, -0.2) is 0 Å². The van der Waals surface area contributed by atoms with Gasteiger partial charge >= 0.3 is 0 Å². The molecule has 0 fully saturated rings. The molecule has 0 saturated heterocycles. The molecule has 0 aliphatic heterocycles. The van der Waals surface area contributed by atoms with Crippen molar-refractivity contribution in [2.45, 2.75) is 13.8 Å². The second-order valence-corrected chi connectivity index (χ2v) is 11.5. The van der Waals surface area contributed by atoms with Crippen molar-refractivity contribution in [3.05, 3.63) is 157 Å². The minimum absolute atomic E-state index is 1.24. The van der Waals surface area contributed by atoms with Gasteiger partial charge in [-0.05, 0) is 132 Å². The highest BCUT2D eigenvalue weighted by Crippen LogP contribution is 2.38. The van der Waals surface area contributed by atoms with Crippen LogP contribution < -0.4 is 0 Å². The van der Waals surface area contributed by atoms with E-state index >= 15 is 0 Å². The van der Waals surface area contributed by atoms with Crippen LogP contribution in [0, 0.1) is 13.8 Å². The number of aryl methyl sites for hydroxylation is 2. The molecule has 0 aromatic heterocycles. The summed E-state index contributed by atoms with van der Waals surface area (Å²) < 4.78 is 0. The average molecular weight is 535 g/mol. The van der Waals surface area contributed by atoms with Crippen LogP contribution >= 0.6 is 0 Å². The zero-order chi connectivity index (χ0) is 28.2. The Kier molecular flexibility index (Phi) is 5.69. The van der Waals surface area contributed by atoms with Crippen molar-refractivity contribution in [1.82, 2.24) is 0 Å². The van der Waals surface area contributed by atoms with Gasteiger partial charge in [-0.25, -0.2) is 0 Å². The molecule has 0 N–H and O–H groups in total. The largest absolute Gasteiger partial charge is 0.0616 e. The lowest BCUT2D eigenvalue weighted by Gasteiger charge is -2.15. The molecule has 42 heavy (non-hydrogen) atoms. The van der Waals surface area contributed by atoms with Gasteiger partial charge in [0.2, 0.25) is 0 Å². The first kappa shape index (κ1) is 24.6. The number of benzene rings is 8. The molecule has 0 aliphatic rings. The maximum absolute atomic E-state index is 2.38. The molecule has 0 bridgehead atoms. The van der Waals surface area contributed by atoms with Gasteiger partial charge in [0, 0.05) is 0 Å². The molecule has 198 valence electrons. The minimum Gasteiger partial charge on any atom is -0.0616 e. The van der Waals surface area contributed by atoms with Gasteiger partial charge < -0.3 is 0 Å². The molecule has 0 unspecified atom stereocenters. The van der Waals surface area contributed by atoms with Crippen LogP contribution in [0.25, 0.3) is 76.5 Å². The Balaban J connectivity index is 1.22. The first-order valence-electron chi connectivity index (χ1n) is 14.7. The molecular weight excluding hydrogens is 504 g/mol. The molecular formula is C42H30. The van der Waals surface area contributed by atoms with E-state index in [9.17, 15) is 0 Å². The van der Waals surface area contributed by atoms with E-state index < -0.39 is 0 Å². The topological polar surface area (TPSA) is 0 Å². The Morgan fingerprint density at radius 1 is 0.262 bits per heavy atom. The number of fused-ring (bicyclic) bond motifs is 4. The van der Waals surface area contributed by atoms with Crippen LogP contribution in [0.1, 0.15) is 11.1 Å². The Labute approximate surface area is 246 Å². The molecule has 8 aromatic carbocycles. The lowest BCUT2D eigenvalue weighted by molar-refractivity contribution is 1.52. The van der Waals surface area contributed by atoms with Crippen molar-refractivity contribution in [3.8, 4) is 33.4 Å². The summed E-state index contributed by atoms with van der Waals surface area (Å²) in [4.78, 5) is 0. The molecule has 0 nitrogen and oxygen atoms in total. The van der Waals surface area contributed by atoms with E-state index in [2.05, 4.69) is 159 Å². The smallest absolute Gasteiger partial charge is 0.0139 e. The fourth-order valence-corrected chi connectivity index (χ4v) is 6.63. The van der Waals surface area contributed by atoms with E-state index in [4.69, 9.17) is 0 Å². The maximum Gasteiger partial charge on any atom is -0.0139 e. The third-order valence-electron chi connectivity index (χ3n) is 9.02. The van der Waals surface area contributed by atoms with Crippen LogP contribution in [0.15, 0.2) is 146 Å². The number of hydrogen-bond acceptors (Lipinski definition) is 0. The summed E-state index contributed by atoms with van der Waals surface area (Å²) >= 11 is 0. The standard InChI is InChI=1S/C42H30/c1-27-40-21-19-38(36-17-15-30-9-4-6-11-32(30)23-36)26-42(40)28(2)39-20-18-37(25-41(27)39)34-13-7-12-33(24-34)35-16-14-29-8-3-5-10-31(29)22-35/h3-26H,1-2H3. The summed E-state index contributed by atoms with van der Waals surface area (Å²) in [6, 6.07) is 53.5. The van der Waals surface area contributed by atoms with Gasteiger partial charge in [0.25, 0.3) is 0 Å². The monoisotopic (exact) mass is 534 g/mol. The van der Waals surface area contributed by atoms with Crippen molar-refractivity contribution in [2.24, 2.45) is 0 Å². The molecule has 0 amide bonds. The van der Waals surface area contributed by atoms with Crippen LogP contribution in [0.2, 0.25) is 0 Å². The number of rotatable bonds is 3. The van der Waals surface area contributed by atoms with Gasteiger partial charge in [-0.1, -0.05) is 115 Å². The third kappa shape index (κ3) is 4.07. The molecule has 8 aromatic rings. The van der Waals surface area contributed by atoms with Crippen molar-refractivity contribution >= 4 is 43.1 Å². The second-order valence-electron chi connectivity index (χ2n) is 11.5. The first-order chi connectivity index (χ1) is 20.6. The van der Waals surface area contributed by atoms with Crippen LogP contribution in [0.5, 0.6) is 0 Å². The fraction of sp³-hybridized carbons (Fsp3) is 0.0476. The van der Waals surface area contributed by atoms with E-state index in [0.717, 1.165) is 0 Å². The van der Waals surface area contributed by atoms with Crippen molar-refractivity contribution in [3.63, 3.8) is 0 Å². The summed E-state index contributed by atoms with van der Waals surface area (Å²) in [5.74, 6) is 0. The van der Waals surface area contributed by atoms with Crippen molar-refractivity contribution < 1.29 is 0 Å². The molecule has 8 rings (SSSR count). The second kappa shape index (κ2) is 9.72. The predicted octanol–water partition coefficient (Wildman–Crippen LogP) is 11.9. The zero-order valence-electron chi connectivity index (χ0n) is 23.9. The Hall–Kier alpha value is -5.20. The molecule has 0 saturated carbocycles. The van der Waals surface area contributed by atoms with E-state index in [1.165, 1.54) is 87.6 Å². The molecule has 0 spiro atoms. The van der Waals surface area contributed by atoms with Gasteiger partial charge in [-0.3, -0.25) is 0 Å². The minimum atomic E-state index is 1.24. The van der Waals surface area contributed by atoms with Crippen molar-refractivity contribution in [1.29, 1.82) is 0 Å². The molecule has 0 aliphatic carbocycles. The lowest BCUT2D eigenvalue weighted by atomic mass is 9.89. The van der Waals surface area contributed by atoms with Crippen LogP contribution in [0.4, 0.5) is 0 Å². The van der Waals surface area contributed by atoms with E-state index in [0.29, 0.717) is 0 Å². The number of hydrogen-bond donors (Lipinski definition) is 0. The SMILES string of the molecule is Cc1c2ccc(-c3ccc4ccccc4c3)cc2c(C)c2ccc(-c3cccc(-c4ccc5ccccc5c4)c3)cc12. The fourth-order valence-electron chi connectivity index (χ4n) is 6.63. The third-order valence-corrected chi connectivity index (χ3v) is 9.02. The summed E-state index contributed by atoms with van der Waals surface area (Å²) in [5, 5.41) is 10.4. The quantitative estimate of drug-likeness (QED) is 0.198. The summed E-state index contributed by atoms with van der Waals surface area (Å²) in [6.07, 6.45) is 0. The van der Waals surface area contributed by atoms with Crippen LogP contribution in [0.3, 0.4) is 0 Å². The Morgan fingerprint density at radius 2 is 0.643 bits per heavy atom. The summed E-state index contributed by atoms with van der Waals surface area (Å²) in [6.45, 7) is 4.55. The van der Waals surface area contributed by atoms with E-state index in [1.54, 1.807) is 0 Å². The summed E-state index contributed by atoms with van der Waals surface area (Å²) in [7, 11) is 0. The predicted molar refractivity (Wildman–Crippen MR) is 182 cm³/mol. The highest BCUT2D eigenvalue weighted by Gasteiger charge is 2.12. The van der Waals surface area contributed by atoms with Gasteiger partial charge in [0.1, 0.15) is 0 Å². The zero-order valence-corrected chi connectivity index (χ0v) is 23.9. The maximum atomic E-state index is 2.38. The highest BCUT2D eigenvalue weighted by molar-refractivity contribution is 6.08. The first-order valence-corrected chi connectivity index (χ1v) is 14.7. The van der Waals surface area contributed by atoms with Gasteiger partial charge in [-0.2, -0.15) is 0 Å². The van der Waals surface area contributed by atoms with Crippen molar-refractivity contribution in [2.75, 3.05) is 0 Å². The summed E-state index contributed by atoms with van der Waals surface area (Å²) in [5.41, 5.74) is 10.2. The Bertz CT molecular complexity index is 2320. The highest BCUT2D eigenvalue weighted by atomic mass is 14.2. The average Bonchev–Trinajstić information content (AvgIpc) is 3.06. The van der Waals surface area contributed by atoms with E-state index in [1.807, 2.05) is 0 Å². The van der Waals surface area contributed by atoms with E-state index in [-0.39, 0.29) is 0 Å². The Morgan fingerprint density at radius 3 is 1.12 bits per heavy atom. The molecule has 0 atom stereocenters. The molecule has 0 heterocycles. The van der Waals surface area contributed by atoms with Crippen LogP contribution in [-0.2, 0) is 0 Å². The van der Waals surface area contributed by atoms with Gasteiger partial charge in [-0.15, -0.1) is 0 Å².